The van der Waals surface area contributed by atoms with Gasteiger partial charge in [-0.05, 0) is 54.5 Å². The first kappa shape index (κ1) is 21.4. The number of rotatable bonds is 3. The first-order valence-corrected chi connectivity index (χ1v) is 13.3. The molecule has 2 aliphatic carbocycles. The zero-order valence-corrected chi connectivity index (χ0v) is 20.3. The van der Waals surface area contributed by atoms with E-state index < -0.39 is 11.7 Å². The van der Waals surface area contributed by atoms with Crippen LogP contribution < -0.4 is 14.5 Å². The topological polar surface area (TPSA) is 79.5 Å². The van der Waals surface area contributed by atoms with Gasteiger partial charge in [0.1, 0.15) is 11.6 Å². The van der Waals surface area contributed by atoms with Gasteiger partial charge in [0, 0.05) is 21.6 Å². The summed E-state index contributed by atoms with van der Waals surface area (Å²) in [6.45, 7) is 0. The van der Waals surface area contributed by atoms with E-state index in [0.717, 1.165) is 27.6 Å². The van der Waals surface area contributed by atoms with E-state index in [9.17, 15) is 18.8 Å². The minimum absolute atomic E-state index is 0.0182. The first-order chi connectivity index (χ1) is 17.0. The van der Waals surface area contributed by atoms with Crippen LogP contribution >= 0.6 is 23.1 Å². The molecule has 2 aliphatic heterocycles. The summed E-state index contributed by atoms with van der Waals surface area (Å²) in [5.74, 6) is -0.718. The maximum Gasteiger partial charge on any atom is 0.305 e. The number of anilines is 1. The molecule has 4 aliphatic rings. The van der Waals surface area contributed by atoms with Crippen molar-refractivity contribution in [2.45, 2.75) is 22.6 Å². The van der Waals surface area contributed by atoms with Crippen LogP contribution in [0.25, 0.3) is 0 Å². The summed E-state index contributed by atoms with van der Waals surface area (Å²) >= 11 is 2.89. The fourth-order valence-corrected chi connectivity index (χ4v) is 10.0. The van der Waals surface area contributed by atoms with Gasteiger partial charge in [-0.25, -0.2) is 4.39 Å². The fourth-order valence-electron chi connectivity index (χ4n) is 7.13. The van der Waals surface area contributed by atoms with E-state index in [0.29, 0.717) is 5.69 Å². The summed E-state index contributed by atoms with van der Waals surface area (Å²) in [4.78, 5) is 44.8. The Labute approximate surface area is 208 Å². The van der Waals surface area contributed by atoms with Crippen LogP contribution in [0.15, 0.2) is 58.4 Å². The number of methoxy groups -OCH3 is 1. The Balaban J connectivity index is 1.34. The number of imide groups is 1. The number of thioether (sulfide) groups is 1. The molecular formula is C26H21FN2O4S2. The maximum atomic E-state index is 13.7. The molecule has 0 unspecified atom stereocenters. The number of H-pyrrole nitrogens is 1. The second-order valence-corrected chi connectivity index (χ2v) is 11.9. The molecule has 3 fully saturated rings. The number of carbonyl (C=O) groups excluding carboxylic acids is 2. The summed E-state index contributed by atoms with van der Waals surface area (Å²) in [6, 6.07) is 13.4. The number of benzene rings is 2. The van der Waals surface area contributed by atoms with Crippen LogP contribution in [-0.2, 0) is 9.59 Å². The van der Waals surface area contributed by atoms with Gasteiger partial charge in [0.15, 0.2) is 0 Å². The molecule has 3 heterocycles. The Morgan fingerprint density at radius 2 is 1.71 bits per heavy atom. The van der Waals surface area contributed by atoms with Crippen molar-refractivity contribution in [2.24, 2.45) is 29.6 Å². The second-order valence-electron chi connectivity index (χ2n) is 9.69. The van der Waals surface area contributed by atoms with Crippen molar-refractivity contribution in [1.29, 1.82) is 0 Å². The third-order valence-corrected chi connectivity index (χ3v) is 10.9. The lowest BCUT2D eigenvalue weighted by Crippen LogP contribution is -2.42. The number of para-hydroxylation sites is 1. The van der Waals surface area contributed by atoms with E-state index in [2.05, 4.69) is 4.98 Å². The van der Waals surface area contributed by atoms with E-state index >= 15 is 0 Å². The highest BCUT2D eigenvalue weighted by Gasteiger charge is 2.69. The Hall–Kier alpha value is -2.91. The van der Waals surface area contributed by atoms with Gasteiger partial charge in [-0.3, -0.25) is 19.3 Å². The molecule has 2 bridgehead atoms. The molecule has 2 aromatic carbocycles. The van der Waals surface area contributed by atoms with Gasteiger partial charge in [0.2, 0.25) is 11.8 Å². The monoisotopic (exact) mass is 508 g/mol. The number of halogens is 1. The summed E-state index contributed by atoms with van der Waals surface area (Å²) in [6.07, 6.45) is 0.817. The van der Waals surface area contributed by atoms with E-state index in [-0.39, 0.29) is 51.5 Å². The fraction of sp³-hybridized carbons (Fsp3) is 0.346. The smallest absolute Gasteiger partial charge is 0.305 e. The van der Waals surface area contributed by atoms with Gasteiger partial charge in [-0.1, -0.05) is 29.5 Å². The van der Waals surface area contributed by atoms with Gasteiger partial charge in [-0.15, -0.1) is 11.8 Å². The lowest BCUT2D eigenvalue weighted by Gasteiger charge is -2.43. The lowest BCUT2D eigenvalue weighted by molar-refractivity contribution is -0.123. The van der Waals surface area contributed by atoms with E-state index in [1.54, 1.807) is 18.9 Å². The van der Waals surface area contributed by atoms with E-state index in [1.165, 1.54) is 40.5 Å². The number of fused-ring (bicyclic) bond motifs is 9. The first-order valence-electron chi connectivity index (χ1n) is 11.6. The van der Waals surface area contributed by atoms with Crippen molar-refractivity contribution in [3.8, 4) is 5.75 Å². The summed E-state index contributed by atoms with van der Waals surface area (Å²) in [7, 11) is 1.64. The molecule has 6 nitrogen and oxygen atoms in total. The number of ether oxygens (including phenoxy) is 1. The number of carbonyl (C=O) groups is 2. The number of nitrogens with zero attached hydrogens (tertiary/aromatic N) is 1. The maximum absolute atomic E-state index is 13.7. The Morgan fingerprint density at radius 1 is 1.00 bits per heavy atom. The zero-order chi connectivity index (χ0) is 24.0. The van der Waals surface area contributed by atoms with Gasteiger partial charge < -0.3 is 9.72 Å². The average Bonchev–Trinajstić information content (AvgIpc) is 3.59. The van der Waals surface area contributed by atoms with Gasteiger partial charge in [0.25, 0.3) is 0 Å². The van der Waals surface area contributed by atoms with Crippen molar-refractivity contribution < 1.29 is 18.7 Å². The molecule has 1 saturated heterocycles. The van der Waals surface area contributed by atoms with Crippen molar-refractivity contribution in [3.63, 3.8) is 0 Å². The lowest BCUT2D eigenvalue weighted by atomic mass is 9.68. The van der Waals surface area contributed by atoms with Gasteiger partial charge in [-0.2, -0.15) is 0 Å². The molecule has 7 atom stereocenters. The van der Waals surface area contributed by atoms with Crippen molar-refractivity contribution in [2.75, 3.05) is 12.0 Å². The highest BCUT2D eigenvalue weighted by molar-refractivity contribution is 8.00. The quantitative estimate of drug-likeness (QED) is 0.535. The van der Waals surface area contributed by atoms with Crippen LogP contribution in [0.3, 0.4) is 0 Å². The predicted octanol–water partition coefficient (Wildman–Crippen LogP) is 4.26. The van der Waals surface area contributed by atoms with E-state index in [4.69, 9.17) is 4.74 Å². The Kier molecular flexibility index (Phi) is 4.61. The van der Waals surface area contributed by atoms with Crippen LogP contribution in [0, 0.1) is 35.4 Å². The molecule has 0 spiro atoms. The van der Waals surface area contributed by atoms with Crippen molar-refractivity contribution in [1.82, 2.24) is 4.98 Å². The van der Waals surface area contributed by atoms with Crippen LogP contribution in [0.1, 0.15) is 22.8 Å². The Morgan fingerprint density at radius 3 is 2.46 bits per heavy atom. The highest BCUT2D eigenvalue weighted by atomic mass is 32.2. The zero-order valence-electron chi connectivity index (χ0n) is 18.6. The van der Waals surface area contributed by atoms with Gasteiger partial charge >= 0.3 is 4.87 Å². The summed E-state index contributed by atoms with van der Waals surface area (Å²) < 4.78 is 19.2. The van der Waals surface area contributed by atoms with E-state index in [1.807, 2.05) is 24.3 Å². The number of hydrogen-bond acceptors (Lipinski definition) is 6. The van der Waals surface area contributed by atoms with Crippen molar-refractivity contribution in [3.05, 3.63) is 74.5 Å². The van der Waals surface area contributed by atoms with Crippen LogP contribution in [0.2, 0.25) is 0 Å². The largest absolute Gasteiger partial charge is 0.496 e. The van der Waals surface area contributed by atoms with Crippen LogP contribution in [0.4, 0.5) is 10.1 Å². The third-order valence-electron chi connectivity index (χ3n) is 8.28. The minimum atomic E-state index is -0.407. The molecule has 9 heteroatoms. The van der Waals surface area contributed by atoms with Crippen LogP contribution in [0.5, 0.6) is 5.75 Å². The molecule has 1 aromatic heterocycles. The molecule has 7 rings (SSSR count). The number of nitrogens with one attached hydrogen (secondary N) is 1. The number of amides is 2. The molecule has 0 radical (unpaired) electrons. The standard InChI is InChI=1S/C26H21FN2O4S2/c1-33-16-5-3-2-4-13(16)17-18-14-10-15(21(18)34-23-22(17)35-26(32)28-23)20-19(14)24(30)29(25(20)31)12-8-6-11(27)7-9-12/h2-9,14-15,17-21H,10H2,1H3,(H,28,32)/t14-,15+,17-,18+,19+,20+,21-/m1/s1. The molecule has 1 N–H and O–H groups in total. The molecule has 35 heavy (non-hydrogen) atoms. The minimum Gasteiger partial charge on any atom is -0.496 e. The second kappa shape index (κ2) is 7.54. The number of aromatic nitrogens is 1. The molecular weight excluding hydrogens is 487 g/mol. The number of aromatic amines is 1. The molecule has 2 saturated carbocycles. The SMILES string of the molecule is COc1ccccc1[C@H]1c2sc(=O)[nH]c2S[C@@H]2[C@H]3C[C@@H]([C@@H]4C(=O)N(c5ccc(F)cc5)C(=O)[C@@H]34)[C@@H]12. The Bertz CT molecular complexity index is 1430. The third kappa shape index (κ3) is 2.85. The average molecular weight is 509 g/mol. The summed E-state index contributed by atoms with van der Waals surface area (Å²) in [5.41, 5.74) is 1.44. The normalized spacial score (nSPS) is 32.5. The van der Waals surface area contributed by atoms with Crippen molar-refractivity contribution >= 4 is 40.6 Å². The van der Waals surface area contributed by atoms with Crippen LogP contribution in [-0.4, -0.2) is 29.2 Å². The highest BCUT2D eigenvalue weighted by Crippen LogP contribution is 2.69. The molecule has 2 amide bonds. The summed E-state index contributed by atoms with van der Waals surface area (Å²) in [5, 5.41) is 0.979. The molecule has 3 aromatic rings. The predicted molar refractivity (Wildman–Crippen MR) is 130 cm³/mol. The van der Waals surface area contributed by atoms with Gasteiger partial charge in [0.05, 0.1) is 29.7 Å². The number of hydrogen-bond donors (Lipinski definition) is 1. The number of thiazole rings is 1. The molecule has 178 valence electrons.